The van der Waals surface area contributed by atoms with Gasteiger partial charge in [-0.2, -0.15) is 8.75 Å². The van der Waals surface area contributed by atoms with Gasteiger partial charge in [-0.15, -0.1) is 22.7 Å². The lowest BCUT2D eigenvalue weighted by Crippen LogP contribution is -1.95. The summed E-state index contributed by atoms with van der Waals surface area (Å²) in [5, 5.41) is 3.82. The van der Waals surface area contributed by atoms with Gasteiger partial charge in [0.1, 0.15) is 11.0 Å². The molecule has 0 aliphatic carbocycles. The Bertz CT molecular complexity index is 949. The van der Waals surface area contributed by atoms with Gasteiger partial charge in [-0.3, -0.25) is 0 Å². The lowest BCUT2D eigenvalue weighted by Gasteiger charge is -2.08. The maximum atomic E-state index is 14.8. The SMILES string of the molecule is Cc1csc(-c2c(F)c(F)c(-c3cc(C)cs3)c3nsnc23)c1. The van der Waals surface area contributed by atoms with Gasteiger partial charge in [-0.25, -0.2) is 8.78 Å². The Kier molecular flexibility index (Phi) is 3.51. The maximum Gasteiger partial charge on any atom is 0.170 e. The summed E-state index contributed by atoms with van der Waals surface area (Å²) in [7, 11) is 0. The molecule has 0 fully saturated rings. The van der Waals surface area contributed by atoms with E-state index in [0.717, 1.165) is 22.9 Å². The number of aryl methyl sites for hydroxylation is 2. The van der Waals surface area contributed by atoms with Crippen LogP contribution in [0.1, 0.15) is 11.1 Å². The summed E-state index contributed by atoms with van der Waals surface area (Å²) in [4.78, 5) is 1.34. The number of fused-ring (bicyclic) bond motifs is 1. The second-order valence-corrected chi connectivity index (χ2v) is 7.67. The molecule has 0 aliphatic heterocycles. The first-order valence-electron chi connectivity index (χ1n) is 6.80. The van der Waals surface area contributed by atoms with E-state index >= 15 is 0 Å². The predicted octanol–water partition coefficient (Wildman–Crippen LogP) is 6.04. The highest BCUT2D eigenvalue weighted by molar-refractivity contribution is 7.14. The molecule has 0 saturated heterocycles. The highest BCUT2D eigenvalue weighted by atomic mass is 32.1. The van der Waals surface area contributed by atoms with Gasteiger partial charge in [0.2, 0.25) is 0 Å². The van der Waals surface area contributed by atoms with Crippen LogP contribution in [0.15, 0.2) is 22.9 Å². The van der Waals surface area contributed by atoms with Gasteiger partial charge in [0, 0.05) is 9.75 Å². The molecule has 3 heterocycles. The third kappa shape index (κ3) is 2.31. The molecule has 0 bridgehead atoms. The number of hydrogen-bond acceptors (Lipinski definition) is 5. The van der Waals surface area contributed by atoms with Gasteiger partial charge in [-0.05, 0) is 47.9 Å². The Morgan fingerprint density at radius 2 is 1.22 bits per heavy atom. The van der Waals surface area contributed by atoms with E-state index in [9.17, 15) is 8.78 Å². The van der Waals surface area contributed by atoms with Crippen LogP contribution < -0.4 is 0 Å². The number of hydrogen-bond donors (Lipinski definition) is 0. The van der Waals surface area contributed by atoms with Gasteiger partial charge in [0.25, 0.3) is 0 Å². The minimum absolute atomic E-state index is 0.210. The molecule has 2 nitrogen and oxygen atoms in total. The van der Waals surface area contributed by atoms with Crippen molar-refractivity contribution in [3.63, 3.8) is 0 Å². The van der Waals surface area contributed by atoms with Gasteiger partial charge < -0.3 is 0 Å². The van der Waals surface area contributed by atoms with Crippen LogP contribution in [0, 0.1) is 25.5 Å². The van der Waals surface area contributed by atoms with Crippen LogP contribution >= 0.6 is 34.4 Å². The van der Waals surface area contributed by atoms with Crippen molar-refractivity contribution in [1.82, 2.24) is 8.75 Å². The molecule has 0 spiro atoms. The summed E-state index contributed by atoms with van der Waals surface area (Å²) in [5.74, 6) is -1.71. The fourth-order valence-electron chi connectivity index (χ4n) is 2.52. The van der Waals surface area contributed by atoms with Gasteiger partial charge >= 0.3 is 0 Å². The largest absolute Gasteiger partial charge is 0.203 e. The molecule has 0 N–H and O–H groups in total. The number of halogens is 2. The zero-order valence-corrected chi connectivity index (χ0v) is 14.6. The Hall–Kier alpha value is -1.70. The Labute approximate surface area is 143 Å². The highest BCUT2D eigenvalue weighted by Crippen LogP contribution is 2.42. The van der Waals surface area contributed by atoms with E-state index in [1.807, 2.05) is 36.7 Å². The number of aromatic nitrogens is 2. The van der Waals surface area contributed by atoms with Crippen molar-refractivity contribution < 1.29 is 8.78 Å². The summed E-state index contributed by atoms with van der Waals surface area (Å²) >= 11 is 3.74. The lowest BCUT2D eigenvalue weighted by molar-refractivity contribution is 0.516. The minimum Gasteiger partial charge on any atom is -0.203 e. The first-order chi connectivity index (χ1) is 11.1. The van der Waals surface area contributed by atoms with Crippen LogP contribution in [-0.4, -0.2) is 8.75 Å². The molecule has 4 aromatic rings. The van der Waals surface area contributed by atoms with E-state index in [2.05, 4.69) is 8.75 Å². The first-order valence-corrected chi connectivity index (χ1v) is 9.29. The average Bonchev–Trinajstić information content (AvgIpc) is 3.23. The molecule has 23 heavy (non-hydrogen) atoms. The zero-order chi connectivity index (χ0) is 16.1. The van der Waals surface area contributed by atoms with E-state index in [4.69, 9.17) is 0 Å². The highest BCUT2D eigenvalue weighted by Gasteiger charge is 2.26. The summed E-state index contributed by atoms with van der Waals surface area (Å²) in [5.41, 5.74) is 3.30. The van der Waals surface area contributed by atoms with Crippen molar-refractivity contribution >= 4 is 45.4 Å². The van der Waals surface area contributed by atoms with Gasteiger partial charge in [-0.1, -0.05) is 0 Å². The molecule has 0 unspecified atom stereocenters. The van der Waals surface area contributed by atoms with Crippen LogP contribution in [0.5, 0.6) is 0 Å². The molecule has 0 atom stereocenters. The summed E-state index contributed by atoms with van der Waals surface area (Å²) in [6.45, 7) is 3.85. The molecule has 4 rings (SSSR count). The number of thiophene rings is 2. The molecule has 0 aliphatic rings. The Morgan fingerprint density at radius 3 is 1.57 bits per heavy atom. The number of rotatable bonds is 2. The fourth-order valence-corrected chi connectivity index (χ4v) is 4.96. The van der Waals surface area contributed by atoms with Gasteiger partial charge in [0.15, 0.2) is 11.6 Å². The average molecular weight is 364 g/mol. The van der Waals surface area contributed by atoms with Crippen LogP contribution in [0.3, 0.4) is 0 Å². The van der Waals surface area contributed by atoms with Crippen molar-refractivity contribution in [2.45, 2.75) is 13.8 Å². The van der Waals surface area contributed by atoms with Crippen molar-refractivity contribution in [1.29, 1.82) is 0 Å². The van der Waals surface area contributed by atoms with Crippen molar-refractivity contribution in [2.75, 3.05) is 0 Å². The van der Waals surface area contributed by atoms with E-state index < -0.39 is 11.6 Å². The molecule has 0 amide bonds. The first kappa shape index (κ1) is 14.9. The minimum atomic E-state index is -0.854. The summed E-state index contributed by atoms with van der Waals surface area (Å²) < 4.78 is 38.1. The van der Waals surface area contributed by atoms with Crippen LogP contribution in [0.25, 0.3) is 31.9 Å². The quantitative estimate of drug-likeness (QED) is 0.433. The van der Waals surface area contributed by atoms with E-state index in [-0.39, 0.29) is 11.1 Å². The third-order valence-electron chi connectivity index (χ3n) is 3.55. The fraction of sp³-hybridized carbons (Fsp3) is 0.125. The van der Waals surface area contributed by atoms with Crippen molar-refractivity contribution in [3.05, 3.63) is 45.7 Å². The Balaban J connectivity index is 2.09. The molecule has 3 aromatic heterocycles. The molecular weight excluding hydrogens is 354 g/mol. The van der Waals surface area contributed by atoms with Gasteiger partial charge in [0.05, 0.1) is 22.9 Å². The molecule has 1 aromatic carbocycles. The maximum absolute atomic E-state index is 14.8. The van der Waals surface area contributed by atoms with Crippen LogP contribution in [-0.2, 0) is 0 Å². The summed E-state index contributed by atoms with van der Waals surface area (Å²) in [6, 6.07) is 3.69. The molecule has 0 saturated carbocycles. The van der Waals surface area contributed by atoms with E-state index in [0.29, 0.717) is 20.8 Å². The zero-order valence-electron chi connectivity index (χ0n) is 12.2. The van der Waals surface area contributed by atoms with E-state index in [1.54, 1.807) is 0 Å². The topological polar surface area (TPSA) is 25.8 Å². The van der Waals surface area contributed by atoms with E-state index in [1.165, 1.54) is 22.7 Å². The number of benzene rings is 1. The second-order valence-electron chi connectivity index (χ2n) is 5.32. The smallest absolute Gasteiger partial charge is 0.170 e. The Morgan fingerprint density at radius 1 is 0.783 bits per heavy atom. The standard InChI is InChI=1S/C16H10F2N2S3/c1-7-3-9(21-5-7)11-13(17)14(18)12(10-4-8(2)6-22-10)16-15(11)19-23-20-16/h3-6H,1-2H3. The van der Waals surface area contributed by atoms with Crippen LogP contribution in [0.4, 0.5) is 8.78 Å². The van der Waals surface area contributed by atoms with Crippen LogP contribution in [0.2, 0.25) is 0 Å². The molecule has 116 valence electrons. The normalized spacial score (nSPS) is 11.5. The molecule has 7 heteroatoms. The second kappa shape index (κ2) is 5.43. The molecular formula is C16H10F2N2S3. The summed E-state index contributed by atoms with van der Waals surface area (Å²) in [6.07, 6.45) is 0. The predicted molar refractivity (Wildman–Crippen MR) is 93.4 cm³/mol. The van der Waals surface area contributed by atoms with Crippen molar-refractivity contribution in [2.24, 2.45) is 0 Å². The lowest BCUT2D eigenvalue weighted by atomic mass is 10.0. The monoisotopic (exact) mass is 364 g/mol. The number of nitrogens with zero attached hydrogens (tertiary/aromatic N) is 2. The molecule has 0 radical (unpaired) electrons. The van der Waals surface area contributed by atoms with Crippen molar-refractivity contribution in [3.8, 4) is 20.9 Å². The third-order valence-corrected chi connectivity index (χ3v) is 6.21.